The molecule has 31 heavy (non-hydrogen) atoms. The molecule has 3 rings (SSSR count). The van der Waals surface area contributed by atoms with Gasteiger partial charge in [0.15, 0.2) is 11.6 Å². The van der Waals surface area contributed by atoms with Crippen molar-refractivity contribution < 1.29 is 18.6 Å². The molecule has 4 heteroatoms. The van der Waals surface area contributed by atoms with Crippen LogP contribution in [0.4, 0.5) is 4.39 Å². The Hall–Kier alpha value is -2.85. The van der Waals surface area contributed by atoms with E-state index in [2.05, 4.69) is 32.9 Å². The summed E-state index contributed by atoms with van der Waals surface area (Å²) in [4.78, 5) is 0. The van der Waals surface area contributed by atoms with Crippen LogP contribution in [-0.2, 0) is 16.8 Å². The second-order valence-electron chi connectivity index (χ2n) is 8.28. The van der Waals surface area contributed by atoms with Gasteiger partial charge in [-0.1, -0.05) is 63.6 Å². The van der Waals surface area contributed by atoms with Crippen LogP contribution >= 0.6 is 0 Å². The summed E-state index contributed by atoms with van der Waals surface area (Å²) < 4.78 is 31.5. The van der Waals surface area contributed by atoms with Gasteiger partial charge in [0.25, 0.3) is 0 Å². The van der Waals surface area contributed by atoms with Crippen molar-refractivity contribution in [2.75, 3.05) is 13.2 Å². The van der Waals surface area contributed by atoms with Crippen LogP contribution in [0.15, 0.2) is 72.8 Å². The Labute approximate surface area is 184 Å². The summed E-state index contributed by atoms with van der Waals surface area (Å²) in [6.07, 6.45) is 2.18. The zero-order chi connectivity index (χ0) is 22.1. The van der Waals surface area contributed by atoms with E-state index in [1.165, 1.54) is 11.6 Å². The molecular weight excluding hydrogens is 391 g/mol. The van der Waals surface area contributed by atoms with E-state index in [1.54, 1.807) is 24.3 Å². The lowest BCUT2D eigenvalue weighted by Crippen LogP contribution is -2.24. The van der Waals surface area contributed by atoms with Crippen LogP contribution in [0.2, 0.25) is 0 Å². The number of hydrogen-bond acceptors (Lipinski definition) is 3. The Kier molecular flexibility index (Phi) is 8.07. The molecule has 0 bridgehead atoms. The summed E-state index contributed by atoms with van der Waals surface area (Å²) in [6, 6.07) is 22.2. The van der Waals surface area contributed by atoms with Gasteiger partial charge < -0.3 is 14.2 Å². The van der Waals surface area contributed by atoms with Gasteiger partial charge in [0, 0.05) is 5.41 Å². The second kappa shape index (κ2) is 11.0. The summed E-state index contributed by atoms with van der Waals surface area (Å²) in [5.41, 5.74) is 1.89. The molecule has 0 aromatic heterocycles. The lowest BCUT2D eigenvalue weighted by molar-refractivity contribution is 0.0823. The van der Waals surface area contributed by atoms with E-state index in [1.807, 2.05) is 30.3 Å². The van der Waals surface area contributed by atoms with Crippen LogP contribution in [0.25, 0.3) is 0 Å². The monoisotopic (exact) mass is 422 g/mol. The number of unbranched alkanes of at least 4 members (excludes halogenated alkanes) is 1. The average Bonchev–Trinajstić information content (AvgIpc) is 2.77. The van der Waals surface area contributed by atoms with Crippen molar-refractivity contribution >= 4 is 0 Å². The molecule has 0 N–H and O–H groups in total. The smallest absolute Gasteiger partial charge is 0.165 e. The largest absolute Gasteiger partial charge is 0.494 e. The van der Waals surface area contributed by atoms with Gasteiger partial charge in [0.05, 0.1) is 19.8 Å². The van der Waals surface area contributed by atoms with E-state index in [0.29, 0.717) is 19.0 Å². The average molecular weight is 423 g/mol. The molecule has 0 atom stereocenters. The molecule has 0 spiro atoms. The first-order chi connectivity index (χ1) is 15.0. The van der Waals surface area contributed by atoms with Crippen molar-refractivity contribution in [1.29, 1.82) is 0 Å². The van der Waals surface area contributed by atoms with Crippen LogP contribution < -0.4 is 9.47 Å². The molecule has 0 aliphatic heterocycles. The van der Waals surface area contributed by atoms with Gasteiger partial charge in [0.1, 0.15) is 11.5 Å². The third-order valence-corrected chi connectivity index (χ3v) is 5.10. The summed E-state index contributed by atoms with van der Waals surface area (Å²) in [6.45, 7) is 8.11. The van der Waals surface area contributed by atoms with Gasteiger partial charge in [-0.15, -0.1) is 0 Å². The fraction of sp³-hybridized carbons (Fsp3) is 0.333. The van der Waals surface area contributed by atoms with Crippen molar-refractivity contribution in [3.05, 3.63) is 89.7 Å². The fourth-order valence-corrected chi connectivity index (χ4v) is 3.18. The van der Waals surface area contributed by atoms with E-state index in [4.69, 9.17) is 14.2 Å². The molecule has 164 valence electrons. The Morgan fingerprint density at radius 1 is 0.871 bits per heavy atom. The first-order valence-corrected chi connectivity index (χ1v) is 10.8. The number of para-hydroxylation sites is 1. The Balaban J connectivity index is 1.55. The molecule has 0 radical (unpaired) electrons. The zero-order valence-corrected chi connectivity index (χ0v) is 18.6. The molecular formula is C27H31FO3. The number of benzene rings is 3. The topological polar surface area (TPSA) is 27.7 Å². The zero-order valence-electron chi connectivity index (χ0n) is 18.6. The van der Waals surface area contributed by atoms with E-state index < -0.39 is 5.82 Å². The highest BCUT2D eigenvalue weighted by Crippen LogP contribution is 2.28. The predicted molar refractivity (Wildman–Crippen MR) is 122 cm³/mol. The van der Waals surface area contributed by atoms with Gasteiger partial charge in [-0.3, -0.25) is 0 Å². The van der Waals surface area contributed by atoms with Crippen LogP contribution in [-0.4, -0.2) is 13.2 Å². The number of hydrogen-bond donors (Lipinski definition) is 0. The molecule has 0 aliphatic carbocycles. The molecule has 0 fully saturated rings. The highest BCUT2D eigenvalue weighted by molar-refractivity contribution is 5.35. The Bertz CT molecular complexity index is 936. The van der Waals surface area contributed by atoms with E-state index in [-0.39, 0.29) is 11.2 Å². The highest BCUT2D eigenvalue weighted by Gasteiger charge is 2.21. The van der Waals surface area contributed by atoms with Gasteiger partial charge in [-0.05, 0) is 53.9 Å². The van der Waals surface area contributed by atoms with E-state index in [9.17, 15) is 4.39 Å². The van der Waals surface area contributed by atoms with Crippen molar-refractivity contribution in [3.63, 3.8) is 0 Å². The van der Waals surface area contributed by atoms with Crippen LogP contribution in [0.3, 0.4) is 0 Å². The molecule has 3 nitrogen and oxygen atoms in total. The normalized spacial score (nSPS) is 11.4. The van der Waals surface area contributed by atoms with E-state index in [0.717, 1.165) is 30.8 Å². The van der Waals surface area contributed by atoms with Crippen LogP contribution in [0.5, 0.6) is 17.2 Å². The number of halogens is 1. The SMILES string of the molecule is CCCCOc1ccc(C(C)(C)COCc2ccc(F)c(Oc3ccccc3)c2)cc1. The molecule has 0 heterocycles. The molecule has 0 amide bonds. The summed E-state index contributed by atoms with van der Waals surface area (Å²) in [7, 11) is 0. The van der Waals surface area contributed by atoms with Crippen molar-refractivity contribution in [2.45, 2.75) is 45.6 Å². The van der Waals surface area contributed by atoms with Crippen LogP contribution in [0.1, 0.15) is 44.7 Å². The maximum Gasteiger partial charge on any atom is 0.165 e. The lowest BCUT2D eigenvalue weighted by atomic mass is 9.85. The molecule has 0 saturated carbocycles. The maximum atomic E-state index is 14.1. The maximum absolute atomic E-state index is 14.1. The molecule has 3 aromatic rings. The second-order valence-corrected chi connectivity index (χ2v) is 8.28. The summed E-state index contributed by atoms with van der Waals surface area (Å²) >= 11 is 0. The first kappa shape index (κ1) is 22.8. The lowest BCUT2D eigenvalue weighted by Gasteiger charge is -2.25. The minimum Gasteiger partial charge on any atom is -0.494 e. The minimum atomic E-state index is -0.394. The quantitative estimate of drug-likeness (QED) is 0.304. The number of ether oxygens (including phenoxy) is 3. The van der Waals surface area contributed by atoms with Crippen molar-refractivity contribution in [2.24, 2.45) is 0 Å². The molecule has 3 aromatic carbocycles. The highest BCUT2D eigenvalue weighted by atomic mass is 19.1. The van der Waals surface area contributed by atoms with Gasteiger partial charge in [0.2, 0.25) is 0 Å². The van der Waals surface area contributed by atoms with Gasteiger partial charge >= 0.3 is 0 Å². The predicted octanol–water partition coefficient (Wildman–Crippen LogP) is 7.29. The third-order valence-electron chi connectivity index (χ3n) is 5.10. The Morgan fingerprint density at radius 3 is 2.32 bits per heavy atom. The molecule has 0 unspecified atom stereocenters. The standard InChI is InChI=1S/C27H31FO3/c1-4-5-17-30-23-14-12-22(13-15-23)27(2,3)20-29-19-21-11-16-25(28)26(18-21)31-24-9-7-6-8-10-24/h6-16,18H,4-5,17,19-20H2,1-3H3. The summed E-state index contributed by atoms with van der Waals surface area (Å²) in [5.74, 6) is 1.30. The summed E-state index contributed by atoms with van der Waals surface area (Å²) in [5, 5.41) is 0. The van der Waals surface area contributed by atoms with Gasteiger partial charge in [-0.2, -0.15) is 0 Å². The van der Waals surface area contributed by atoms with Crippen molar-refractivity contribution in [3.8, 4) is 17.2 Å². The third kappa shape index (κ3) is 6.83. The first-order valence-electron chi connectivity index (χ1n) is 10.8. The fourth-order valence-electron chi connectivity index (χ4n) is 3.18. The Morgan fingerprint density at radius 2 is 1.61 bits per heavy atom. The minimum absolute atomic E-state index is 0.161. The number of rotatable bonds is 11. The van der Waals surface area contributed by atoms with Crippen molar-refractivity contribution in [1.82, 2.24) is 0 Å². The van der Waals surface area contributed by atoms with Gasteiger partial charge in [-0.25, -0.2) is 4.39 Å². The molecule has 0 saturated heterocycles. The van der Waals surface area contributed by atoms with E-state index >= 15 is 0 Å². The van der Waals surface area contributed by atoms with Crippen LogP contribution in [0, 0.1) is 5.82 Å². The molecule has 0 aliphatic rings.